The number of rotatable bonds is 4. The van der Waals surface area contributed by atoms with Gasteiger partial charge in [0, 0.05) is 12.1 Å². The van der Waals surface area contributed by atoms with Gasteiger partial charge in [0.1, 0.15) is 0 Å². The van der Waals surface area contributed by atoms with Gasteiger partial charge in [-0.1, -0.05) is 12.7 Å². The van der Waals surface area contributed by atoms with E-state index in [2.05, 4.69) is 13.2 Å². The van der Waals surface area contributed by atoms with Crippen molar-refractivity contribution < 1.29 is 18.0 Å². The van der Waals surface area contributed by atoms with Crippen molar-refractivity contribution in [1.82, 2.24) is 4.90 Å². The van der Waals surface area contributed by atoms with Gasteiger partial charge in [-0.3, -0.25) is 4.79 Å². The molecule has 0 fully saturated rings. The molecule has 0 rings (SSSR count). The van der Waals surface area contributed by atoms with Gasteiger partial charge in [0.05, 0.1) is 12.6 Å². The molecule has 0 bridgehead atoms. The van der Waals surface area contributed by atoms with Crippen molar-refractivity contribution in [2.45, 2.75) is 6.18 Å². The lowest BCUT2D eigenvalue weighted by Crippen LogP contribution is -2.42. The smallest absolute Gasteiger partial charge is 0.326 e. The summed E-state index contributed by atoms with van der Waals surface area (Å²) in [6.45, 7) is 5.70. The molecule has 15 heavy (non-hydrogen) atoms. The topological polar surface area (TPSA) is 44.1 Å². The van der Waals surface area contributed by atoms with Crippen molar-refractivity contribution >= 4 is 5.91 Å². The number of nitrogens with zero attached hydrogens (tertiary/aromatic N) is 2. The minimum Gasteiger partial charge on any atom is -0.326 e. The van der Waals surface area contributed by atoms with Gasteiger partial charge < -0.3 is 4.90 Å². The Bertz CT molecular complexity index is 314. The van der Waals surface area contributed by atoms with E-state index in [0.717, 1.165) is 6.08 Å². The van der Waals surface area contributed by atoms with Crippen LogP contribution in [0.5, 0.6) is 0 Å². The number of hydrogen-bond donors (Lipinski definition) is 0. The normalized spacial score (nSPS) is 10.3. The van der Waals surface area contributed by atoms with Gasteiger partial charge in [0.2, 0.25) is 0 Å². The standard InChI is InChI=1S/C9H9F3N2O/c1-3-4-14(6-7(2)5-13)8(15)9(10,11)12/h3H,1-2,4,6H2. The average molecular weight is 218 g/mol. The maximum atomic E-state index is 12.0. The zero-order valence-corrected chi connectivity index (χ0v) is 7.84. The summed E-state index contributed by atoms with van der Waals surface area (Å²) >= 11 is 0. The molecule has 0 N–H and O–H groups in total. The van der Waals surface area contributed by atoms with Crippen LogP contribution in [0.3, 0.4) is 0 Å². The molecule has 0 aliphatic heterocycles. The number of carbonyl (C=O) groups is 1. The van der Waals surface area contributed by atoms with Gasteiger partial charge >= 0.3 is 12.1 Å². The molecule has 0 aliphatic rings. The SMILES string of the molecule is C=CCN(CC(=C)C#N)C(=O)C(F)(F)F. The summed E-state index contributed by atoms with van der Waals surface area (Å²) in [6.07, 6.45) is -3.80. The third-order valence-corrected chi connectivity index (χ3v) is 1.42. The van der Waals surface area contributed by atoms with Crippen molar-refractivity contribution in [3.8, 4) is 6.07 Å². The first kappa shape index (κ1) is 13.2. The maximum Gasteiger partial charge on any atom is 0.471 e. The van der Waals surface area contributed by atoms with E-state index in [1.54, 1.807) is 6.07 Å². The van der Waals surface area contributed by atoms with Gasteiger partial charge in [-0.2, -0.15) is 18.4 Å². The van der Waals surface area contributed by atoms with Crippen molar-refractivity contribution in [2.75, 3.05) is 13.1 Å². The molecule has 3 nitrogen and oxygen atoms in total. The predicted octanol–water partition coefficient (Wildman–Crippen LogP) is 1.64. The molecule has 0 spiro atoms. The van der Waals surface area contributed by atoms with Crippen LogP contribution in [0.4, 0.5) is 13.2 Å². The van der Waals surface area contributed by atoms with E-state index < -0.39 is 18.6 Å². The Kier molecular flexibility index (Phi) is 4.58. The lowest BCUT2D eigenvalue weighted by molar-refractivity contribution is -0.184. The Morgan fingerprint density at radius 2 is 2.07 bits per heavy atom. The molecular formula is C9H9F3N2O. The van der Waals surface area contributed by atoms with Gasteiger partial charge in [-0.15, -0.1) is 6.58 Å². The fraction of sp³-hybridized carbons (Fsp3) is 0.333. The summed E-state index contributed by atoms with van der Waals surface area (Å²) in [6, 6.07) is 1.57. The molecule has 6 heteroatoms. The van der Waals surface area contributed by atoms with E-state index in [4.69, 9.17) is 5.26 Å². The van der Waals surface area contributed by atoms with E-state index in [0.29, 0.717) is 4.90 Å². The quantitative estimate of drug-likeness (QED) is 0.532. The first-order chi connectivity index (χ1) is 6.82. The molecule has 0 heterocycles. The van der Waals surface area contributed by atoms with Crippen LogP contribution in [0.25, 0.3) is 0 Å². The van der Waals surface area contributed by atoms with Gasteiger partial charge in [-0.25, -0.2) is 0 Å². The van der Waals surface area contributed by atoms with E-state index in [9.17, 15) is 18.0 Å². The van der Waals surface area contributed by atoms with Crippen LogP contribution >= 0.6 is 0 Å². The Balaban J connectivity index is 4.68. The van der Waals surface area contributed by atoms with Crippen molar-refractivity contribution in [1.29, 1.82) is 5.26 Å². The van der Waals surface area contributed by atoms with Gasteiger partial charge in [0.15, 0.2) is 0 Å². The second-order valence-corrected chi connectivity index (χ2v) is 2.69. The third-order valence-electron chi connectivity index (χ3n) is 1.42. The van der Waals surface area contributed by atoms with E-state index >= 15 is 0 Å². The largest absolute Gasteiger partial charge is 0.471 e. The summed E-state index contributed by atoms with van der Waals surface area (Å²) in [5, 5.41) is 8.34. The molecule has 0 radical (unpaired) electrons. The van der Waals surface area contributed by atoms with Crippen LogP contribution in [0.15, 0.2) is 24.8 Å². The van der Waals surface area contributed by atoms with Crippen LogP contribution < -0.4 is 0 Å². The fourth-order valence-electron chi connectivity index (χ4n) is 0.820. The minimum absolute atomic E-state index is 0.116. The van der Waals surface area contributed by atoms with Crippen LogP contribution in [-0.2, 0) is 4.79 Å². The highest BCUT2D eigenvalue weighted by atomic mass is 19.4. The molecule has 0 saturated carbocycles. The first-order valence-corrected chi connectivity index (χ1v) is 3.87. The summed E-state index contributed by atoms with van der Waals surface area (Å²) in [5.74, 6) is -2.00. The second kappa shape index (κ2) is 5.20. The summed E-state index contributed by atoms with van der Waals surface area (Å²) in [7, 11) is 0. The van der Waals surface area contributed by atoms with Crippen molar-refractivity contribution in [3.05, 3.63) is 24.8 Å². The van der Waals surface area contributed by atoms with E-state index in [1.807, 2.05) is 0 Å². The first-order valence-electron chi connectivity index (χ1n) is 3.87. The highest BCUT2D eigenvalue weighted by Crippen LogP contribution is 2.18. The monoisotopic (exact) mass is 218 g/mol. The van der Waals surface area contributed by atoms with Gasteiger partial charge in [0.25, 0.3) is 0 Å². The number of carbonyl (C=O) groups excluding carboxylic acids is 1. The predicted molar refractivity (Wildman–Crippen MR) is 47.6 cm³/mol. The van der Waals surface area contributed by atoms with E-state index in [1.165, 1.54) is 0 Å². The lowest BCUT2D eigenvalue weighted by Gasteiger charge is -2.21. The lowest BCUT2D eigenvalue weighted by atomic mass is 10.3. The number of amides is 1. The molecule has 1 amide bonds. The van der Waals surface area contributed by atoms with Crippen molar-refractivity contribution in [2.24, 2.45) is 0 Å². The number of nitriles is 1. The Hall–Kier alpha value is -1.77. The van der Waals surface area contributed by atoms with Gasteiger partial charge in [-0.05, 0) is 0 Å². The molecule has 82 valence electrons. The third kappa shape index (κ3) is 4.31. The Labute approximate surface area is 85.1 Å². The maximum absolute atomic E-state index is 12.0. The average Bonchev–Trinajstić information content (AvgIpc) is 2.14. The molecule has 0 atom stereocenters. The zero-order chi connectivity index (χ0) is 12.1. The van der Waals surface area contributed by atoms with Crippen LogP contribution in [0.2, 0.25) is 0 Å². The molecule has 0 aromatic carbocycles. The Morgan fingerprint density at radius 1 is 1.53 bits per heavy atom. The molecule has 0 aromatic heterocycles. The highest BCUT2D eigenvalue weighted by Gasteiger charge is 2.42. The van der Waals surface area contributed by atoms with Crippen LogP contribution in [0, 0.1) is 11.3 Å². The molecular weight excluding hydrogens is 209 g/mol. The van der Waals surface area contributed by atoms with E-state index in [-0.39, 0.29) is 12.1 Å². The summed E-state index contributed by atoms with van der Waals surface area (Å²) in [4.78, 5) is 11.3. The Morgan fingerprint density at radius 3 is 2.40 bits per heavy atom. The number of halogens is 3. The molecule has 0 saturated heterocycles. The molecule has 0 unspecified atom stereocenters. The zero-order valence-electron chi connectivity index (χ0n) is 7.84. The summed E-state index contributed by atoms with van der Waals surface area (Å²) < 4.78 is 36.1. The summed E-state index contributed by atoms with van der Waals surface area (Å²) in [5.41, 5.74) is -0.116. The number of hydrogen-bond acceptors (Lipinski definition) is 2. The van der Waals surface area contributed by atoms with Crippen LogP contribution in [-0.4, -0.2) is 30.1 Å². The fourth-order valence-corrected chi connectivity index (χ4v) is 0.820. The second-order valence-electron chi connectivity index (χ2n) is 2.69. The minimum atomic E-state index is -4.95. The van der Waals surface area contributed by atoms with Crippen molar-refractivity contribution in [3.63, 3.8) is 0 Å². The molecule has 0 aromatic rings. The molecule has 0 aliphatic carbocycles. The highest BCUT2D eigenvalue weighted by molar-refractivity contribution is 5.82. The van der Waals surface area contributed by atoms with Crippen LogP contribution in [0.1, 0.15) is 0 Å². The number of alkyl halides is 3.